The molecule has 3 N–H and O–H groups in total. The second-order valence-electron chi connectivity index (χ2n) is 8.86. The van der Waals surface area contributed by atoms with Crippen LogP contribution in [0.2, 0.25) is 0 Å². The second-order valence-corrected chi connectivity index (χ2v) is 8.86. The number of aliphatic hydroxyl groups excluding tert-OH is 3. The van der Waals surface area contributed by atoms with Gasteiger partial charge in [0.25, 0.3) is 0 Å². The molecule has 2 aliphatic rings. The van der Waals surface area contributed by atoms with Crippen LogP contribution >= 0.6 is 0 Å². The number of rotatable bonds is 10. The van der Waals surface area contributed by atoms with E-state index in [4.69, 9.17) is 4.74 Å². The summed E-state index contributed by atoms with van der Waals surface area (Å²) in [7, 11) is 0. The molecule has 2 rings (SSSR count). The van der Waals surface area contributed by atoms with Gasteiger partial charge in [-0.1, -0.05) is 39.0 Å². The van der Waals surface area contributed by atoms with Gasteiger partial charge in [0.2, 0.25) is 0 Å². The van der Waals surface area contributed by atoms with Crippen LogP contribution in [-0.2, 0) is 14.3 Å². The Morgan fingerprint density at radius 1 is 1.29 bits per heavy atom. The van der Waals surface area contributed by atoms with Crippen LogP contribution in [0.3, 0.4) is 0 Å². The minimum absolute atomic E-state index is 0. The smallest absolute Gasteiger partial charge is 0.550 e. The maximum Gasteiger partial charge on any atom is 1.00 e. The Morgan fingerprint density at radius 3 is 2.58 bits per heavy atom. The maximum absolute atomic E-state index is 12.4. The molecule has 8 heteroatoms. The topological polar surface area (TPSA) is 127 Å². The van der Waals surface area contributed by atoms with E-state index >= 15 is 0 Å². The number of allylic oxidation sites excluding steroid dienone is 2. The van der Waals surface area contributed by atoms with Crippen molar-refractivity contribution in [2.24, 2.45) is 23.7 Å². The third-order valence-corrected chi connectivity index (χ3v) is 6.43. The van der Waals surface area contributed by atoms with Crippen molar-refractivity contribution in [3.05, 3.63) is 23.8 Å². The summed E-state index contributed by atoms with van der Waals surface area (Å²) in [5, 5.41) is 40.8. The maximum atomic E-state index is 12.4. The molecular weight excluding hydrogens is 395 g/mol. The van der Waals surface area contributed by atoms with E-state index in [0.29, 0.717) is 25.7 Å². The third-order valence-electron chi connectivity index (χ3n) is 6.43. The number of carbonyl (C=O) groups excluding carboxylic acids is 2. The number of aliphatic hydroxyl groups is 3. The molecule has 0 fully saturated rings. The summed E-state index contributed by atoms with van der Waals surface area (Å²) in [6, 6.07) is 0. The number of hydrogen-bond donors (Lipinski definition) is 3. The molecule has 0 saturated heterocycles. The first-order chi connectivity index (χ1) is 14.1. The van der Waals surface area contributed by atoms with E-state index < -0.39 is 36.8 Å². The summed E-state index contributed by atoms with van der Waals surface area (Å²) < 4.78 is 5.83. The second kappa shape index (κ2) is 12.8. The molecule has 8 atom stereocenters. The van der Waals surface area contributed by atoms with Gasteiger partial charge in [0.05, 0.1) is 24.2 Å². The van der Waals surface area contributed by atoms with Crippen LogP contribution in [0.25, 0.3) is 0 Å². The molecule has 0 radical (unpaired) electrons. The van der Waals surface area contributed by atoms with Crippen LogP contribution in [0.5, 0.6) is 0 Å². The van der Waals surface area contributed by atoms with Gasteiger partial charge in [-0.05, 0) is 43.1 Å². The molecule has 0 unspecified atom stereocenters. The van der Waals surface area contributed by atoms with Gasteiger partial charge in [-0.3, -0.25) is 4.79 Å². The molecule has 0 saturated carbocycles. The Labute approximate surface area is 196 Å². The summed E-state index contributed by atoms with van der Waals surface area (Å²) in [6.07, 6.45) is 4.31. The first-order valence-electron chi connectivity index (χ1n) is 11.0. The standard InChI is InChI=1S/C23H36O7.Li/c1-4-13(2)23(29)30-20-11-17(25)9-15-6-5-14(3)19(22(15)20)8-7-16(24)10-18(26)12-21(27)28;/h5-6,9,13-14,16-20,22,24-26H,4,7-8,10-12H2,1-3H3,(H,27,28);/q;+1/p-1/t13-,14-,16+,17+,18+,19-,20-,22-;/m0./s1. The molecule has 0 heterocycles. The molecule has 0 aromatic carbocycles. The molecule has 0 amide bonds. The number of hydrogen-bond acceptors (Lipinski definition) is 7. The Bertz CT molecular complexity index is 662. The van der Waals surface area contributed by atoms with Crippen LogP contribution in [0.15, 0.2) is 23.8 Å². The number of fused-ring (bicyclic) bond motifs is 1. The van der Waals surface area contributed by atoms with Crippen molar-refractivity contribution in [2.45, 2.75) is 83.7 Å². The predicted molar refractivity (Wildman–Crippen MR) is 109 cm³/mol. The Kier molecular flexibility index (Phi) is 11.5. The molecule has 2 aliphatic carbocycles. The van der Waals surface area contributed by atoms with Crippen LogP contribution < -0.4 is 24.0 Å². The zero-order valence-corrected chi connectivity index (χ0v) is 19.1. The zero-order valence-electron chi connectivity index (χ0n) is 19.1. The zero-order chi connectivity index (χ0) is 22.4. The molecule has 7 nitrogen and oxygen atoms in total. The van der Waals surface area contributed by atoms with Crippen molar-refractivity contribution >= 4 is 11.9 Å². The van der Waals surface area contributed by atoms with Crippen molar-refractivity contribution < 1.29 is 53.6 Å². The van der Waals surface area contributed by atoms with Gasteiger partial charge < -0.3 is 30.0 Å². The van der Waals surface area contributed by atoms with Crippen molar-refractivity contribution in [2.75, 3.05) is 0 Å². The number of carboxylic acids is 1. The third kappa shape index (κ3) is 8.07. The van der Waals surface area contributed by atoms with Crippen LogP contribution in [0.1, 0.15) is 59.3 Å². The minimum Gasteiger partial charge on any atom is -0.550 e. The number of ether oxygens (including phenoxy) is 1. The molecule has 0 bridgehead atoms. The molecule has 170 valence electrons. The first kappa shape index (κ1) is 27.9. The van der Waals surface area contributed by atoms with Gasteiger partial charge in [0.1, 0.15) is 6.10 Å². The largest absolute Gasteiger partial charge is 1.00 e. The van der Waals surface area contributed by atoms with E-state index in [1.54, 1.807) is 0 Å². The average Bonchev–Trinajstić information content (AvgIpc) is 2.65. The first-order valence-corrected chi connectivity index (χ1v) is 11.0. The monoisotopic (exact) mass is 430 g/mol. The van der Waals surface area contributed by atoms with Gasteiger partial charge in [0.15, 0.2) is 0 Å². The fourth-order valence-electron chi connectivity index (χ4n) is 4.51. The molecular formula is C23H35LiO7. The Hall–Kier alpha value is -1.10. The summed E-state index contributed by atoms with van der Waals surface area (Å²) in [6.45, 7) is 5.83. The van der Waals surface area contributed by atoms with E-state index in [1.165, 1.54) is 0 Å². The van der Waals surface area contributed by atoms with Gasteiger partial charge in [-0.25, -0.2) is 0 Å². The molecule has 0 aliphatic heterocycles. The minimum atomic E-state index is -1.35. The fourth-order valence-corrected chi connectivity index (χ4v) is 4.51. The van der Waals surface area contributed by atoms with Gasteiger partial charge in [0, 0.05) is 24.7 Å². The van der Waals surface area contributed by atoms with Gasteiger partial charge in [-0.15, -0.1) is 0 Å². The van der Waals surface area contributed by atoms with E-state index in [1.807, 2.05) is 26.0 Å². The van der Waals surface area contributed by atoms with Gasteiger partial charge in [-0.2, -0.15) is 0 Å². The summed E-state index contributed by atoms with van der Waals surface area (Å²) in [5.41, 5.74) is 0.949. The van der Waals surface area contributed by atoms with E-state index in [0.717, 1.165) is 5.57 Å². The van der Waals surface area contributed by atoms with Crippen LogP contribution in [0, 0.1) is 23.7 Å². The van der Waals surface area contributed by atoms with E-state index in [9.17, 15) is 30.0 Å². The van der Waals surface area contributed by atoms with Gasteiger partial charge >= 0.3 is 24.8 Å². The number of carbonyl (C=O) groups is 2. The summed E-state index contributed by atoms with van der Waals surface area (Å²) >= 11 is 0. The fraction of sp³-hybridized carbons (Fsp3) is 0.739. The Balaban J connectivity index is 0.00000480. The SMILES string of the molecule is CC[C@H](C)C(=O)O[C@H]1C[C@H](O)C=C2C=C[C@H](C)[C@H](CC[C@@H](O)C[C@@H](O)CC(=O)[O-])[C@H]21.[Li+]. The normalized spacial score (nSPS) is 30.3. The molecule has 0 aromatic rings. The molecule has 0 aromatic heterocycles. The van der Waals surface area contributed by atoms with Crippen molar-refractivity contribution in [1.82, 2.24) is 0 Å². The van der Waals surface area contributed by atoms with Crippen molar-refractivity contribution in [1.29, 1.82) is 0 Å². The Morgan fingerprint density at radius 2 is 1.97 bits per heavy atom. The summed E-state index contributed by atoms with van der Waals surface area (Å²) in [4.78, 5) is 23.0. The number of esters is 1. The van der Waals surface area contributed by atoms with Crippen molar-refractivity contribution in [3.8, 4) is 0 Å². The van der Waals surface area contributed by atoms with Crippen LogP contribution in [-0.4, -0.2) is 51.7 Å². The van der Waals surface area contributed by atoms with Crippen LogP contribution in [0.4, 0.5) is 0 Å². The number of aliphatic carboxylic acids is 1. The summed E-state index contributed by atoms with van der Waals surface area (Å²) in [5.74, 6) is -1.60. The predicted octanol–water partition coefficient (Wildman–Crippen LogP) is -1.89. The molecule has 0 spiro atoms. The number of carboxylic acid groups (broad SMARTS) is 1. The molecule has 31 heavy (non-hydrogen) atoms. The van der Waals surface area contributed by atoms with E-state index in [-0.39, 0.29) is 54.9 Å². The average molecular weight is 430 g/mol. The quantitative estimate of drug-likeness (QED) is 0.273. The van der Waals surface area contributed by atoms with Crippen molar-refractivity contribution in [3.63, 3.8) is 0 Å². The van der Waals surface area contributed by atoms with E-state index in [2.05, 4.69) is 13.0 Å².